The number of aliphatic carboxylic acids is 2. The van der Waals surface area contributed by atoms with E-state index >= 15 is 0 Å². The van der Waals surface area contributed by atoms with Crippen LogP contribution >= 0.6 is 0 Å². The number of nitrogens with one attached hydrogen (secondary N) is 1. The van der Waals surface area contributed by atoms with Crippen molar-refractivity contribution in [3.63, 3.8) is 0 Å². The second-order valence-corrected chi connectivity index (χ2v) is 11.5. The molecular weight excluding hydrogens is 528 g/mol. The molecule has 0 saturated carbocycles. The monoisotopic (exact) mass is 558 g/mol. The first kappa shape index (κ1) is 29.6. The van der Waals surface area contributed by atoms with Gasteiger partial charge in [0.05, 0.1) is 22.9 Å². The summed E-state index contributed by atoms with van der Waals surface area (Å²) in [7, 11) is -4.11. The molecule has 12 nitrogen and oxygen atoms in total. The first-order chi connectivity index (χ1) is 18.3. The number of benzene rings is 1. The first-order valence-corrected chi connectivity index (χ1v) is 13.7. The van der Waals surface area contributed by atoms with Crippen LogP contribution in [0.3, 0.4) is 0 Å². The number of hydrogen-bond acceptors (Lipinski definition) is 9. The third-order valence-electron chi connectivity index (χ3n) is 6.56. The van der Waals surface area contributed by atoms with Crippen LogP contribution in [0.4, 0.5) is 0 Å². The maximum atomic E-state index is 13.5. The highest BCUT2D eigenvalue weighted by Crippen LogP contribution is 2.40. The van der Waals surface area contributed by atoms with Crippen molar-refractivity contribution in [3.8, 4) is 0 Å². The zero-order chi connectivity index (χ0) is 29.0. The number of sulfone groups is 1. The molecule has 2 aromatic rings. The number of rotatable bonds is 12. The van der Waals surface area contributed by atoms with Gasteiger partial charge in [-0.3, -0.25) is 19.4 Å². The predicted octanol–water partition coefficient (Wildman–Crippen LogP) is 0.658. The Kier molecular flexibility index (Phi) is 8.99. The van der Waals surface area contributed by atoms with Gasteiger partial charge in [0.25, 0.3) is 0 Å². The number of carboxylic acid groups (broad SMARTS) is 2. The number of Topliss-reactive ketones (excluding diaryl/α,β-unsaturated/α-hetero) is 1. The second kappa shape index (κ2) is 11.8. The van der Waals surface area contributed by atoms with Gasteiger partial charge in [0.2, 0.25) is 5.91 Å². The van der Waals surface area contributed by atoms with Crippen molar-refractivity contribution < 1.29 is 37.8 Å². The van der Waals surface area contributed by atoms with Crippen LogP contribution in [0.1, 0.15) is 31.9 Å². The lowest BCUT2D eigenvalue weighted by Crippen LogP contribution is -2.59. The van der Waals surface area contributed by atoms with Crippen LogP contribution in [0.2, 0.25) is 0 Å². The van der Waals surface area contributed by atoms with E-state index in [9.17, 15) is 32.7 Å². The fourth-order valence-corrected chi connectivity index (χ4v) is 6.02. The van der Waals surface area contributed by atoms with Gasteiger partial charge in [-0.2, -0.15) is 0 Å². The number of hydrogen-bond donors (Lipinski definition) is 5. The van der Waals surface area contributed by atoms with Gasteiger partial charge >= 0.3 is 11.9 Å². The zero-order valence-corrected chi connectivity index (χ0v) is 21.9. The lowest BCUT2D eigenvalue weighted by atomic mass is 9.69. The molecule has 4 atom stereocenters. The quantitative estimate of drug-likeness (QED) is 0.243. The molecule has 39 heavy (non-hydrogen) atoms. The van der Waals surface area contributed by atoms with E-state index in [4.69, 9.17) is 16.6 Å². The molecule has 208 valence electrons. The minimum Gasteiger partial charge on any atom is -0.480 e. The molecule has 1 unspecified atom stereocenters. The van der Waals surface area contributed by atoms with E-state index in [2.05, 4.69) is 10.3 Å². The fourth-order valence-electron chi connectivity index (χ4n) is 4.50. The summed E-state index contributed by atoms with van der Waals surface area (Å²) in [5.74, 6) is -5.11. The molecule has 1 aromatic carbocycles. The van der Waals surface area contributed by atoms with Crippen LogP contribution < -0.4 is 16.8 Å². The van der Waals surface area contributed by atoms with Crippen molar-refractivity contribution in [1.29, 1.82) is 0 Å². The van der Waals surface area contributed by atoms with Crippen molar-refractivity contribution in [2.75, 3.05) is 0 Å². The Bertz CT molecular complexity index is 1460. The van der Waals surface area contributed by atoms with E-state index in [1.807, 2.05) is 6.07 Å². The molecule has 1 aliphatic carbocycles. The van der Waals surface area contributed by atoms with E-state index in [1.54, 1.807) is 24.3 Å². The summed E-state index contributed by atoms with van der Waals surface area (Å²) in [6, 6.07) is 4.40. The highest BCUT2D eigenvalue weighted by Gasteiger charge is 2.51. The number of aromatic nitrogens is 1. The number of nitrogens with zero attached hydrogens (tertiary/aromatic N) is 1. The van der Waals surface area contributed by atoms with Crippen LogP contribution in [0.15, 0.2) is 59.7 Å². The summed E-state index contributed by atoms with van der Waals surface area (Å²) in [4.78, 5) is 53.3. The Labute approximate surface area is 224 Å². The van der Waals surface area contributed by atoms with Gasteiger partial charge in [-0.1, -0.05) is 36.4 Å². The summed E-state index contributed by atoms with van der Waals surface area (Å²) in [6.07, 6.45) is 3.97. The Morgan fingerprint density at radius 3 is 2.44 bits per heavy atom. The van der Waals surface area contributed by atoms with Crippen molar-refractivity contribution in [2.45, 2.75) is 50.1 Å². The van der Waals surface area contributed by atoms with Gasteiger partial charge in [-0.15, -0.1) is 0 Å². The molecule has 0 radical (unpaired) electrons. The normalized spacial score (nSPS) is 19.5. The average molecular weight is 559 g/mol. The SMILES string of the molecule is C[C@H](N)C(=O)C1([C@@H](NC(=O)CC[C@H](N)C(=O)O)C(=O)O)C=CC=C(S(=O)(=O)Cc2nccc3ccccc23)C1. The van der Waals surface area contributed by atoms with Crippen LogP contribution in [-0.4, -0.2) is 65.4 Å². The van der Waals surface area contributed by atoms with Crippen molar-refractivity contribution >= 4 is 44.2 Å². The maximum Gasteiger partial charge on any atom is 0.327 e. The molecule has 0 saturated heterocycles. The smallest absolute Gasteiger partial charge is 0.327 e. The maximum absolute atomic E-state index is 13.5. The highest BCUT2D eigenvalue weighted by atomic mass is 32.2. The molecule has 1 aromatic heterocycles. The lowest BCUT2D eigenvalue weighted by Gasteiger charge is -2.38. The Morgan fingerprint density at radius 1 is 1.10 bits per heavy atom. The summed E-state index contributed by atoms with van der Waals surface area (Å²) < 4.78 is 27.1. The van der Waals surface area contributed by atoms with Crippen LogP contribution in [0.25, 0.3) is 10.8 Å². The largest absolute Gasteiger partial charge is 0.480 e. The molecule has 1 heterocycles. The molecule has 0 fully saturated rings. The van der Waals surface area contributed by atoms with Crippen LogP contribution in [0, 0.1) is 5.41 Å². The number of carbonyl (C=O) groups is 4. The molecular formula is C26H30N4O8S. The Morgan fingerprint density at radius 2 is 1.79 bits per heavy atom. The van der Waals surface area contributed by atoms with Gasteiger partial charge < -0.3 is 27.0 Å². The van der Waals surface area contributed by atoms with Gasteiger partial charge in [0.15, 0.2) is 15.6 Å². The Balaban J connectivity index is 1.95. The third kappa shape index (κ3) is 6.56. The number of carbonyl (C=O) groups excluding carboxylic acids is 2. The summed E-state index contributed by atoms with van der Waals surface area (Å²) in [5, 5.41) is 22.6. The molecule has 1 aliphatic rings. The van der Waals surface area contributed by atoms with Crippen molar-refractivity contribution in [2.24, 2.45) is 16.9 Å². The van der Waals surface area contributed by atoms with Gasteiger partial charge in [0.1, 0.15) is 12.1 Å². The van der Waals surface area contributed by atoms with Crippen molar-refractivity contribution in [1.82, 2.24) is 10.3 Å². The van der Waals surface area contributed by atoms with Gasteiger partial charge in [-0.05, 0) is 30.9 Å². The second-order valence-electron chi connectivity index (χ2n) is 9.42. The molecule has 0 aliphatic heterocycles. The zero-order valence-electron chi connectivity index (χ0n) is 21.1. The molecule has 0 spiro atoms. The highest BCUT2D eigenvalue weighted by molar-refractivity contribution is 7.94. The van der Waals surface area contributed by atoms with E-state index in [0.29, 0.717) is 5.39 Å². The topological polar surface area (TPSA) is 220 Å². The molecule has 1 amide bonds. The van der Waals surface area contributed by atoms with Gasteiger partial charge in [0, 0.05) is 29.3 Å². The lowest BCUT2D eigenvalue weighted by molar-refractivity contribution is -0.149. The minimum absolute atomic E-state index is 0.220. The number of pyridine rings is 1. The first-order valence-electron chi connectivity index (χ1n) is 12.0. The van der Waals surface area contributed by atoms with Crippen LogP contribution in [-0.2, 0) is 34.8 Å². The average Bonchev–Trinajstić information content (AvgIpc) is 2.89. The minimum atomic E-state index is -4.11. The number of nitrogens with two attached hydrogens (primary N) is 2. The van der Waals surface area contributed by atoms with Gasteiger partial charge in [-0.25, -0.2) is 13.2 Å². The van der Waals surface area contributed by atoms with E-state index < -0.39 is 75.6 Å². The molecule has 7 N–H and O–H groups in total. The third-order valence-corrected chi connectivity index (χ3v) is 8.30. The standard InChI is InChI=1S/C26H30N4O8S/c1-15(27)23(32)26(22(25(35)36)30-21(31)9-8-19(28)24(33)34)11-4-6-17(13-26)39(37,38)14-20-18-7-3-2-5-16(18)10-12-29-20/h2-7,10-12,15,19,22H,8-9,13-14,27-28H2,1H3,(H,30,31)(H,33,34)(H,35,36)/t15-,19-,22-,26?/m0/s1. The fraction of sp³-hybridized carbons (Fsp3) is 0.346. The number of fused-ring (bicyclic) bond motifs is 1. The number of amides is 1. The summed E-state index contributed by atoms with van der Waals surface area (Å²) in [5.41, 5.74) is 9.51. The Hall–Kier alpha value is -3.94. The van der Waals surface area contributed by atoms with E-state index in [1.165, 1.54) is 31.3 Å². The number of carboxylic acids is 2. The van der Waals surface area contributed by atoms with E-state index in [0.717, 1.165) is 5.39 Å². The number of allylic oxidation sites excluding steroid dienone is 3. The molecule has 0 bridgehead atoms. The van der Waals surface area contributed by atoms with Crippen molar-refractivity contribution in [3.05, 3.63) is 65.4 Å². The van der Waals surface area contributed by atoms with E-state index in [-0.39, 0.29) is 17.0 Å². The summed E-state index contributed by atoms with van der Waals surface area (Å²) in [6.45, 7) is 1.33. The summed E-state index contributed by atoms with van der Waals surface area (Å²) >= 11 is 0. The van der Waals surface area contributed by atoms with Crippen LogP contribution in [0.5, 0.6) is 0 Å². The number of ketones is 1. The molecule has 3 rings (SSSR count). The predicted molar refractivity (Wildman–Crippen MR) is 142 cm³/mol. The molecule has 13 heteroatoms.